The second-order valence-corrected chi connectivity index (χ2v) is 9.44. The largest absolute Gasteiger partial charge is 0.300 e. The van der Waals surface area contributed by atoms with Gasteiger partial charge >= 0.3 is 0 Å². The van der Waals surface area contributed by atoms with Crippen molar-refractivity contribution in [2.24, 2.45) is 5.92 Å². The van der Waals surface area contributed by atoms with Gasteiger partial charge in [0.2, 0.25) is 21.1 Å². The number of benzene rings is 1. The Morgan fingerprint density at radius 3 is 2.73 bits per heavy atom. The lowest BCUT2D eigenvalue weighted by atomic mass is 9.99. The molecule has 3 rings (SSSR count). The van der Waals surface area contributed by atoms with E-state index in [-0.39, 0.29) is 17.3 Å². The summed E-state index contributed by atoms with van der Waals surface area (Å²) in [4.78, 5) is 12.7. The number of halogens is 1. The number of aromatic nitrogens is 2. The predicted molar refractivity (Wildman–Crippen MR) is 101 cm³/mol. The molecule has 0 aliphatic carbocycles. The number of carbonyl (C=O) groups is 1. The maximum atomic E-state index is 12.8. The van der Waals surface area contributed by atoms with E-state index in [1.807, 2.05) is 6.92 Å². The topological polar surface area (TPSA) is 92.3 Å². The standard InChI is InChI=1S/C16H19ClN4O3S2/c1-2-14-19-20-16(25-14)18-15(22)11-4-3-9-21(10-11)26(23,24)13-7-5-12(17)6-8-13/h5-8,11H,2-4,9-10H2,1H3,(H,18,20,22)/t11-/m0/s1. The van der Waals surface area contributed by atoms with Crippen molar-refractivity contribution >= 4 is 44.0 Å². The summed E-state index contributed by atoms with van der Waals surface area (Å²) in [6.07, 6.45) is 2.02. The number of hydrogen-bond acceptors (Lipinski definition) is 6. The number of anilines is 1. The summed E-state index contributed by atoms with van der Waals surface area (Å²) >= 11 is 7.16. The van der Waals surface area contributed by atoms with Gasteiger partial charge in [0.15, 0.2) is 0 Å². The molecule has 1 aromatic carbocycles. The second-order valence-electron chi connectivity index (χ2n) is 6.00. The Labute approximate surface area is 161 Å². The molecule has 0 unspecified atom stereocenters. The van der Waals surface area contributed by atoms with E-state index in [4.69, 9.17) is 11.6 Å². The molecule has 1 aliphatic rings. The third-order valence-corrected chi connectivity index (χ3v) is 7.32. The highest BCUT2D eigenvalue weighted by molar-refractivity contribution is 7.89. The molecule has 26 heavy (non-hydrogen) atoms. The van der Waals surface area contributed by atoms with Crippen molar-refractivity contribution < 1.29 is 13.2 Å². The van der Waals surface area contributed by atoms with Gasteiger partial charge in [-0.15, -0.1) is 10.2 Å². The Morgan fingerprint density at radius 2 is 2.08 bits per heavy atom. The van der Waals surface area contributed by atoms with E-state index in [9.17, 15) is 13.2 Å². The first-order valence-electron chi connectivity index (χ1n) is 8.29. The van der Waals surface area contributed by atoms with Gasteiger partial charge in [-0.05, 0) is 43.5 Å². The van der Waals surface area contributed by atoms with Crippen LogP contribution in [-0.4, -0.2) is 41.9 Å². The zero-order valence-corrected chi connectivity index (χ0v) is 16.6. The van der Waals surface area contributed by atoms with Crippen LogP contribution in [0.2, 0.25) is 5.02 Å². The van der Waals surface area contributed by atoms with Crippen molar-refractivity contribution in [1.82, 2.24) is 14.5 Å². The molecular weight excluding hydrogens is 396 g/mol. The second kappa shape index (κ2) is 7.99. The minimum absolute atomic E-state index is 0.149. The first-order chi connectivity index (χ1) is 12.4. The average Bonchev–Trinajstić information content (AvgIpc) is 3.10. The maximum Gasteiger partial charge on any atom is 0.243 e. The molecule has 2 heterocycles. The summed E-state index contributed by atoms with van der Waals surface area (Å²) in [5, 5.41) is 12.4. The van der Waals surface area contributed by atoms with E-state index in [0.717, 1.165) is 11.4 Å². The van der Waals surface area contributed by atoms with Gasteiger partial charge in [-0.25, -0.2) is 8.42 Å². The maximum absolute atomic E-state index is 12.8. The lowest BCUT2D eigenvalue weighted by Gasteiger charge is -2.31. The number of carbonyl (C=O) groups excluding carboxylic acids is 1. The van der Waals surface area contributed by atoms with Gasteiger partial charge in [0.1, 0.15) is 5.01 Å². The minimum Gasteiger partial charge on any atom is -0.300 e. The highest BCUT2D eigenvalue weighted by atomic mass is 35.5. The van der Waals surface area contributed by atoms with Gasteiger partial charge in [0.25, 0.3) is 0 Å². The lowest BCUT2D eigenvalue weighted by molar-refractivity contribution is -0.120. The van der Waals surface area contributed by atoms with Crippen LogP contribution in [0.5, 0.6) is 0 Å². The van der Waals surface area contributed by atoms with Crippen molar-refractivity contribution in [3.63, 3.8) is 0 Å². The summed E-state index contributed by atoms with van der Waals surface area (Å²) in [6.45, 7) is 2.51. The molecule has 1 saturated heterocycles. The molecule has 0 spiro atoms. The summed E-state index contributed by atoms with van der Waals surface area (Å²) in [5.74, 6) is -0.639. The molecular formula is C16H19ClN4O3S2. The first kappa shape index (κ1) is 19.2. The molecule has 1 aromatic heterocycles. The normalized spacial score (nSPS) is 18.6. The van der Waals surface area contributed by atoms with Gasteiger partial charge < -0.3 is 5.32 Å². The fourth-order valence-corrected chi connectivity index (χ4v) is 5.12. The Bertz CT molecular complexity index is 883. The van der Waals surface area contributed by atoms with E-state index in [0.29, 0.717) is 29.5 Å². The van der Waals surface area contributed by atoms with Crippen LogP contribution in [0.4, 0.5) is 5.13 Å². The quantitative estimate of drug-likeness (QED) is 0.812. The monoisotopic (exact) mass is 414 g/mol. The third-order valence-electron chi connectivity index (χ3n) is 4.21. The molecule has 0 saturated carbocycles. The Balaban J connectivity index is 1.70. The number of rotatable bonds is 5. The van der Waals surface area contributed by atoms with Gasteiger partial charge in [-0.3, -0.25) is 4.79 Å². The average molecular weight is 415 g/mol. The summed E-state index contributed by atoms with van der Waals surface area (Å²) in [5.41, 5.74) is 0. The molecule has 140 valence electrons. The molecule has 2 aromatic rings. The smallest absolute Gasteiger partial charge is 0.243 e. The lowest BCUT2D eigenvalue weighted by Crippen LogP contribution is -2.43. The summed E-state index contributed by atoms with van der Waals surface area (Å²) in [7, 11) is -3.65. The van der Waals surface area contributed by atoms with Crippen LogP contribution in [0.1, 0.15) is 24.8 Å². The fourth-order valence-electron chi connectivity index (χ4n) is 2.78. The Hall–Kier alpha value is -1.55. The molecule has 1 fully saturated rings. The van der Waals surface area contributed by atoms with E-state index in [2.05, 4.69) is 15.5 Å². The molecule has 1 amide bonds. The van der Waals surface area contributed by atoms with Crippen molar-refractivity contribution in [1.29, 1.82) is 0 Å². The molecule has 7 nitrogen and oxygen atoms in total. The Kier molecular flexibility index (Phi) is 5.91. The van der Waals surface area contributed by atoms with Crippen LogP contribution < -0.4 is 5.32 Å². The van der Waals surface area contributed by atoms with Crippen molar-refractivity contribution in [3.05, 3.63) is 34.3 Å². The SMILES string of the molecule is CCc1nnc(NC(=O)[C@H]2CCCN(S(=O)(=O)c3ccc(Cl)cc3)C2)s1. The number of aryl methyl sites for hydroxylation is 1. The zero-order chi connectivity index (χ0) is 18.7. The fraction of sp³-hybridized carbons (Fsp3) is 0.438. The molecule has 0 radical (unpaired) electrons. The number of sulfonamides is 1. The number of amides is 1. The minimum atomic E-state index is -3.65. The van der Waals surface area contributed by atoms with Crippen LogP contribution >= 0.6 is 22.9 Å². The van der Waals surface area contributed by atoms with Crippen LogP contribution in [0, 0.1) is 5.92 Å². The highest BCUT2D eigenvalue weighted by Crippen LogP contribution is 2.26. The zero-order valence-electron chi connectivity index (χ0n) is 14.2. The van der Waals surface area contributed by atoms with Crippen LogP contribution in [0.15, 0.2) is 29.2 Å². The van der Waals surface area contributed by atoms with Crippen LogP contribution in [0.25, 0.3) is 0 Å². The van der Waals surface area contributed by atoms with Gasteiger partial charge in [-0.1, -0.05) is 29.9 Å². The van der Waals surface area contributed by atoms with Crippen LogP contribution in [-0.2, 0) is 21.2 Å². The number of nitrogens with zero attached hydrogens (tertiary/aromatic N) is 3. The molecule has 10 heteroatoms. The Morgan fingerprint density at radius 1 is 1.35 bits per heavy atom. The number of hydrogen-bond donors (Lipinski definition) is 1. The number of piperidine rings is 1. The van der Waals surface area contributed by atoms with E-state index in [1.54, 1.807) is 12.1 Å². The van der Waals surface area contributed by atoms with Crippen LogP contribution in [0.3, 0.4) is 0 Å². The first-order valence-corrected chi connectivity index (χ1v) is 10.9. The molecule has 1 atom stereocenters. The van der Waals surface area contributed by atoms with Gasteiger partial charge in [0, 0.05) is 18.1 Å². The molecule has 1 N–H and O–H groups in total. The predicted octanol–water partition coefficient (Wildman–Crippen LogP) is 2.79. The highest BCUT2D eigenvalue weighted by Gasteiger charge is 2.33. The number of nitrogens with one attached hydrogen (secondary N) is 1. The van der Waals surface area contributed by atoms with E-state index < -0.39 is 15.9 Å². The van der Waals surface area contributed by atoms with E-state index >= 15 is 0 Å². The molecule has 0 bridgehead atoms. The van der Waals surface area contributed by atoms with Crippen molar-refractivity contribution in [2.45, 2.75) is 31.1 Å². The molecule has 1 aliphatic heterocycles. The summed E-state index contributed by atoms with van der Waals surface area (Å²) < 4.78 is 27.0. The van der Waals surface area contributed by atoms with Gasteiger partial charge in [0.05, 0.1) is 10.8 Å². The summed E-state index contributed by atoms with van der Waals surface area (Å²) in [6, 6.07) is 6.05. The van der Waals surface area contributed by atoms with Crippen molar-refractivity contribution in [2.75, 3.05) is 18.4 Å². The van der Waals surface area contributed by atoms with Gasteiger partial charge in [-0.2, -0.15) is 4.31 Å². The van der Waals surface area contributed by atoms with E-state index in [1.165, 1.54) is 27.8 Å². The third kappa shape index (κ3) is 4.22. The van der Waals surface area contributed by atoms with Crippen molar-refractivity contribution in [3.8, 4) is 0 Å².